The first kappa shape index (κ1) is 17.0. The molecule has 4 rings (SSSR count). The van der Waals surface area contributed by atoms with Gasteiger partial charge in [0.1, 0.15) is 4.21 Å². The summed E-state index contributed by atoms with van der Waals surface area (Å²) in [6.07, 6.45) is 5.07. The molecular formula is C16H17ClN4O2S2. The molecule has 0 radical (unpaired) electrons. The maximum Gasteiger partial charge on any atom is 0.252 e. The molecular weight excluding hydrogens is 380 g/mol. The predicted octanol–water partition coefficient (Wildman–Crippen LogP) is 3.32. The van der Waals surface area contributed by atoms with Gasteiger partial charge in [0.25, 0.3) is 10.0 Å². The third kappa shape index (κ3) is 3.08. The van der Waals surface area contributed by atoms with Crippen LogP contribution in [0.4, 0.5) is 0 Å². The van der Waals surface area contributed by atoms with E-state index in [4.69, 9.17) is 11.6 Å². The van der Waals surface area contributed by atoms with Crippen molar-refractivity contribution in [1.82, 2.24) is 18.9 Å². The van der Waals surface area contributed by atoms with Gasteiger partial charge in [0, 0.05) is 31.4 Å². The molecule has 0 unspecified atom stereocenters. The molecule has 0 aliphatic carbocycles. The Morgan fingerprint density at radius 2 is 2.04 bits per heavy atom. The number of aryl methyl sites for hydroxylation is 1. The quantitative estimate of drug-likeness (QED) is 0.681. The minimum absolute atomic E-state index is 0.255. The van der Waals surface area contributed by atoms with E-state index in [9.17, 15) is 8.42 Å². The zero-order valence-electron chi connectivity index (χ0n) is 13.6. The summed E-state index contributed by atoms with van der Waals surface area (Å²) >= 11 is 6.99. The molecule has 0 amide bonds. The lowest BCUT2D eigenvalue weighted by Crippen LogP contribution is -2.37. The van der Waals surface area contributed by atoms with E-state index in [0.717, 1.165) is 41.1 Å². The van der Waals surface area contributed by atoms with Crippen molar-refractivity contribution in [2.75, 3.05) is 13.1 Å². The Labute approximate surface area is 155 Å². The second-order valence-corrected chi connectivity index (χ2v) is 10.1. The number of thiophene rings is 1. The number of nitrogens with zero attached hydrogens (tertiary/aromatic N) is 4. The number of sulfonamides is 1. The lowest BCUT2D eigenvalue weighted by Gasteiger charge is -2.31. The van der Waals surface area contributed by atoms with Crippen molar-refractivity contribution < 1.29 is 8.42 Å². The summed E-state index contributed by atoms with van der Waals surface area (Å²) in [7, 11) is -3.45. The molecule has 1 aliphatic rings. The summed E-state index contributed by atoms with van der Waals surface area (Å²) in [6.45, 7) is 3.02. The fourth-order valence-electron chi connectivity index (χ4n) is 3.30. The van der Waals surface area contributed by atoms with E-state index in [1.807, 2.05) is 19.2 Å². The maximum atomic E-state index is 12.7. The standard InChI is InChI=1S/C16H17ClN4O2S2/c1-11-10-14-18-6-9-21(14)19-16(11)12-4-7-20(8-5-12)25(22,23)15-3-2-13(17)24-15/h2-3,6,9-10,12H,4-5,7-8H2,1H3. The molecule has 25 heavy (non-hydrogen) atoms. The van der Waals surface area contributed by atoms with Crippen LogP contribution in [0.25, 0.3) is 5.65 Å². The van der Waals surface area contributed by atoms with Crippen LogP contribution >= 0.6 is 22.9 Å². The second-order valence-electron chi connectivity index (χ2n) is 6.18. The van der Waals surface area contributed by atoms with Crippen LogP contribution in [0.15, 0.2) is 34.8 Å². The van der Waals surface area contributed by atoms with Crippen LogP contribution in [0.1, 0.15) is 30.0 Å². The van der Waals surface area contributed by atoms with Gasteiger partial charge >= 0.3 is 0 Å². The number of rotatable bonds is 3. The summed E-state index contributed by atoms with van der Waals surface area (Å²) in [4.78, 5) is 4.25. The van der Waals surface area contributed by atoms with Crippen molar-refractivity contribution in [3.63, 3.8) is 0 Å². The van der Waals surface area contributed by atoms with Crippen molar-refractivity contribution in [3.05, 3.63) is 46.2 Å². The van der Waals surface area contributed by atoms with E-state index >= 15 is 0 Å². The van der Waals surface area contributed by atoms with Gasteiger partial charge in [0.15, 0.2) is 5.65 Å². The fourth-order valence-corrected chi connectivity index (χ4v) is 6.40. The van der Waals surface area contributed by atoms with E-state index in [0.29, 0.717) is 21.6 Å². The number of halogens is 1. The van der Waals surface area contributed by atoms with Gasteiger partial charge in [-0.15, -0.1) is 11.3 Å². The highest BCUT2D eigenvalue weighted by Gasteiger charge is 2.32. The highest BCUT2D eigenvalue weighted by Crippen LogP contribution is 2.34. The van der Waals surface area contributed by atoms with Gasteiger partial charge in [0.05, 0.1) is 10.0 Å². The van der Waals surface area contributed by atoms with E-state index in [1.54, 1.807) is 27.2 Å². The summed E-state index contributed by atoms with van der Waals surface area (Å²) in [5.74, 6) is 0.255. The Morgan fingerprint density at radius 1 is 1.28 bits per heavy atom. The maximum absolute atomic E-state index is 12.7. The van der Waals surface area contributed by atoms with Crippen LogP contribution < -0.4 is 0 Å². The second kappa shape index (κ2) is 6.35. The number of fused-ring (bicyclic) bond motifs is 1. The highest BCUT2D eigenvalue weighted by atomic mass is 35.5. The average molecular weight is 397 g/mol. The number of imidazole rings is 1. The molecule has 0 atom stereocenters. The number of aromatic nitrogens is 3. The van der Waals surface area contributed by atoms with E-state index in [2.05, 4.69) is 10.1 Å². The molecule has 1 fully saturated rings. The monoisotopic (exact) mass is 396 g/mol. The molecule has 3 aromatic rings. The molecule has 3 aromatic heterocycles. The molecule has 4 heterocycles. The molecule has 6 nitrogen and oxygen atoms in total. The lowest BCUT2D eigenvalue weighted by atomic mass is 9.92. The number of piperidine rings is 1. The van der Waals surface area contributed by atoms with Gasteiger partial charge in [-0.1, -0.05) is 11.6 Å². The molecule has 0 bridgehead atoms. The molecule has 132 valence electrons. The van der Waals surface area contributed by atoms with Crippen LogP contribution in [0.5, 0.6) is 0 Å². The summed E-state index contributed by atoms with van der Waals surface area (Å²) in [6, 6.07) is 5.23. The van der Waals surface area contributed by atoms with Gasteiger partial charge < -0.3 is 0 Å². The zero-order chi connectivity index (χ0) is 17.6. The minimum Gasteiger partial charge on any atom is -0.236 e. The van der Waals surface area contributed by atoms with Gasteiger partial charge in [-0.05, 0) is 43.5 Å². The number of hydrogen-bond donors (Lipinski definition) is 0. The van der Waals surface area contributed by atoms with Crippen LogP contribution in [-0.4, -0.2) is 40.4 Å². The van der Waals surface area contributed by atoms with Crippen molar-refractivity contribution in [1.29, 1.82) is 0 Å². The number of hydrogen-bond acceptors (Lipinski definition) is 5. The van der Waals surface area contributed by atoms with E-state index in [-0.39, 0.29) is 5.92 Å². The van der Waals surface area contributed by atoms with Crippen molar-refractivity contribution in [2.45, 2.75) is 29.9 Å². The van der Waals surface area contributed by atoms with Crippen LogP contribution in [0, 0.1) is 6.92 Å². The smallest absolute Gasteiger partial charge is 0.236 e. The Kier molecular flexibility index (Phi) is 4.31. The third-order valence-electron chi connectivity index (χ3n) is 4.60. The SMILES string of the molecule is Cc1cc2nccn2nc1C1CCN(S(=O)(=O)c2ccc(Cl)s2)CC1. The summed E-state index contributed by atoms with van der Waals surface area (Å²) < 4.78 is 29.5. The van der Waals surface area contributed by atoms with Gasteiger partial charge in [-0.25, -0.2) is 17.9 Å². The van der Waals surface area contributed by atoms with Gasteiger partial charge in [-0.3, -0.25) is 0 Å². The fraction of sp³-hybridized carbons (Fsp3) is 0.375. The third-order valence-corrected chi connectivity index (χ3v) is 8.20. The van der Waals surface area contributed by atoms with Gasteiger partial charge in [0.2, 0.25) is 0 Å². The average Bonchev–Trinajstić information content (AvgIpc) is 3.23. The first-order valence-electron chi connectivity index (χ1n) is 8.01. The summed E-state index contributed by atoms with van der Waals surface area (Å²) in [5, 5.41) is 4.68. The van der Waals surface area contributed by atoms with Crippen LogP contribution in [0.3, 0.4) is 0 Å². The largest absolute Gasteiger partial charge is 0.252 e. The Morgan fingerprint density at radius 3 is 2.72 bits per heavy atom. The molecule has 0 spiro atoms. The van der Waals surface area contributed by atoms with E-state index < -0.39 is 10.0 Å². The zero-order valence-corrected chi connectivity index (χ0v) is 16.0. The topological polar surface area (TPSA) is 67.6 Å². The molecule has 1 aliphatic heterocycles. The Balaban J connectivity index is 1.53. The van der Waals surface area contributed by atoms with Crippen molar-refractivity contribution in [2.24, 2.45) is 0 Å². The molecule has 9 heteroatoms. The minimum atomic E-state index is -3.45. The van der Waals surface area contributed by atoms with Crippen LogP contribution in [0.2, 0.25) is 4.34 Å². The van der Waals surface area contributed by atoms with Crippen molar-refractivity contribution in [3.8, 4) is 0 Å². The Hall–Kier alpha value is -1.48. The summed E-state index contributed by atoms with van der Waals surface area (Å²) in [5.41, 5.74) is 2.96. The first-order chi connectivity index (χ1) is 11.9. The first-order valence-corrected chi connectivity index (χ1v) is 10.6. The Bertz CT molecular complexity index is 1020. The predicted molar refractivity (Wildman–Crippen MR) is 97.8 cm³/mol. The highest BCUT2D eigenvalue weighted by molar-refractivity contribution is 7.91. The normalized spacial score (nSPS) is 17.4. The molecule has 1 saturated heterocycles. The molecule has 0 saturated carbocycles. The molecule has 0 N–H and O–H groups in total. The lowest BCUT2D eigenvalue weighted by molar-refractivity contribution is 0.315. The van der Waals surface area contributed by atoms with Gasteiger partial charge in [-0.2, -0.15) is 9.40 Å². The van der Waals surface area contributed by atoms with E-state index in [1.165, 1.54) is 0 Å². The van der Waals surface area contributed by atoms with Crippen LogP contribution in [-0.2, 0) is 10.0 Å². The van der Waals surface area contributed by atoms with Crippen molar-refractivity contribution >= 4 is 38.6 Å². The molecule has 0 aromatic carbocycles.